The Bertz CT molecular complexity index is 1270. The van der Waals surface area contributed by atoms with Crippen LogP contribution in [0.3, 0.4) is 0 Å². The summed E-state index contributed by atoms with van der Waals surface area (Å²) >= 11 is 1.44. The van der Waals surface area contributed by atoms with E-state index in [1.165, 1.54) is 16.7 Å². The molecule has 2 aromatic carbocycles. The van der Waals surface area contributed by atoms with E-state index in [-0.39, 0.29) is 34.8 Å². The molecule has 7 nitrogen and oxygen atoms in total. The fourth-order valence-corrected chi connectivity index (χ4v) is 7.11. The molecule has 30 heavy (non-hydrogen) atoms. The first-order chi connectivity index (χ1) is 14.3. The average Bonchev–Trinajstić information content (AvgIpc) is 3.06. The molecule has 0 bridgehead atoms. The first-order valence-electron chi connectivity index (χ1n) is 9.52. The van der Waals surface area contributed by atoms with Crippen LogP contribution >= 0.6 is 11.8 Å². The van der Waals surface area contributed by atoms with Crippen molar-refractivity contribution in [3.05, 3.63) is 70.3 Å². The third-order valence-corrected chi connectivity index (χ3v) is 8.32. The zero-order valence-electron chi connectivity index (χ0n) is 16.4. The van der Waals surface area contributed by atoms with Gasteiger partial charge in [-0.05, 0) is 30.7 Å². The van der Waals surface area contributed by atoms with Crippen LogP contribution in [0.2, 0.25) is 0 Å². The molecule has 1 amide bonds. The van der Waals surface area contributed by atoms with E-state index in [0.29, 0.717) is 28.7 Å². The number of benzene rings is 2. The summed E-state index contributed by atoms with van der Waals surface area (Å²) in [5.41, 5.74) is 0.850. The van der Waals surface area contributed by atoms with Crippen molar-refractivity contribution in [3.8, 4) is 0 Å². The number of hydrogen-bond donors (Lipinski definition) is 1. The second kappa shape index (κ2) is 8.23. The first kappa shape index (κ1) is 20.6. The van der Waals surface area contributed by atoms with E-state index in [1.807, 2.05) is 18.2 Å². The minimum atomic E-state index is -2.99. The molecule has 0 unspecified atom stereocenters. The van der Waals surface area contributed by atoms with E-state index in [1.54, 1.807) is 37.4 Å². The molecule has 3 aromatic rings. The number of sulfone groups is 1. The Morgan fingerprint density at radius 2 is 1.93 bits per heavy atom. The van der Waals surface area contributed by atoms with Crippen molar-refractivity contribution < 1.29 is 13.2 Å². The van der Waals surface area contributed by atoms with Gasteiger partial charge in [-0.15, -0.1) is 11.8 Å². The SMILES string of the molecule is CN(Cc1nc2ccccc2c(=O)[nH]1)C(=O)c1ccccc1S[C@H]1CCS(=O)(=O)C1. The molecule has 0 aliphatic carbocycles. The lowest BCUT2D eigenvalue weighted by Gasteiger charge is -2.19. The van der Waals surface area contributed by atoms with Crippen LogP contribution in [0, 0.1) is 0 Å². The molecular weight excluding hydrogens is 422 g/mol. The van der Waals surface area contributed by atoms with Crippen LogP contribution < -0.4 is 5.56 Å². The lowest BCUT2D eigenvalue weighted by atomic mass is 10.2. The number of carbonyl (C=O) groups is 1. The van der Waals surface area contributed by atoms with Crippen LogP contribution in [0.15, 0.2) is 58.2 Å². The number of fused-ring (bicyclic) bond motifs is 1. The lowest BCUT2D eigenvalue weighted by molar-refractivity contribution is 0.0778. The van der Waals surface area contributed by atoms with Crippen molar-refractivity contribution >= 4 is 38.4 Å². The van der Waals surface area contributed by atoms with Gasteiger partial charge in [0.1, 0.15) is 5.82 Å². The van der Waals surface area contributed by atoms with E-state index in [0.717, 1.165) is 4.90 Å². The number of H-pyrrole nitrogens is 1. The molecule has 1 saturated heterocycles. The van der Waals surface area contributed by atoms with Gasteiger partial charge in [0, 0.05) is 17.2 Å². The number of hydrogen-bond acceptors (Lipinski definition) is 6. The number of aromatic amines is 1. The number of nitrogens with one attached hydrogen (secondary N) is 1. The second-order valence-electron chi connectivity index (χ2n) is 7.33. The quantitative estimate of drug-likeness (QED) is 0.650. The van der Waals surface area contributed by atoms with E-state index >= 15 is 0 Å². The summed E-state index contributed by atoms with van der Waals surface area (Å²) in [7, 11) is -1.33. The van der Waals surface area contributed by atoms with Crippen molar-refractivity contribution in [2.75, 3.05) is 18.6 Å². The van der Waals surface area contributed by atoms with Gasteiger partial charge in [0.25, 0.3) is 11.5 Å². The van der Waals surface area contributed by atoms with E-state index in [4.69, 9.17) is 0 Å². The van der Waals surface area contributed by atoms with Gasteiger partial charge in [-0.25, -0.2) is 13.4 Å². The van der Waals surface area contributed by atoms with Crippen LogP contribution in [0.5, 0.6) is 0 Å². The predicted octanol–water partition coefficient (Wildman–Crippen LogP) is 2.47. The molecule has 1 aromatic heterocycles. The van der Waals surface area contributed by atoms with Gasteiger partial charge in [-0.1, -0.05) is 24.3 Å². The van der Waals surface area contributed by atoms with Gasteiger partial charge in [0.15, 0.2) is 9.84 Å². The fraction of sp³-hybridized carbons (Fsp3) is 0.286. The molecule has 156 valence electrons. The molecule has 4 rings (SSSR count). The van der Waals surface area contributed by atoms with Crippen LogP contribution in [-0.4, -0.2) is 53.0 Å². The van der Waals surface area contributed by atoms with Crippen molar-refractivity contribution in [2.24, 2.45) is 0 Å². The van der Waals surface area contributed by atoms with Crippen LogP contribution in [0.25, 0.3) is 10.9 Å². The molecule has 9 heteroatoms. The number of rotatable bonds is 5. The Morgan fingerprint density at radius 1 is 1.20 bits per heavy atom. The molecule has 1 aliphatic heterocycles. The molecule has 0 spiro atoms. The van der Waals surface area contributed by atoms with E-state index < -0.39 is 9.84 Å². The van der Waals surface area contributed by atoms with Crippen molar-refractivity contribution in [3.63, 3.8) is 0 Å². The van der Waals surface area contributed by atoms with Gasteiger partial charge in [-0.2, -0.15) is 0 Å². The molecule has 1 atom stereocenters. The second-order valence-corrected chi connectivity index (χ2v) is 10.9. The van der Waals surface area contributed by atoms with Crippen molar-refractivity contribution in [2.45, 2.75) is 23.1 Å². The smallest absolute Gasteiger partial charge is 0.258 e. The Hall–Kier alpha value is -2.65. The molecule has 0 radical (unpaired) electrons. The Labute approximate surface area is 178 Å². The summed E-state index contributed by atoms with van der Waals surface area (Å²) < 4.78 is 23.5. The number of nitrogens with zero attached hydrogens (tertiary/aromatic N) is 2. The third kappa shape index (κ3) is 4.41. The van der Waals surface area contributed by atoms with Crippen molar-refractivity contribution in [1.29, 1.82) is 0 Å². The summed E-state index contributed by atoms with van der Waals surface area (Å²) in [4.78, 5) is 34.8. The highest BCUT2D eigenvalue weighted by molar-refractivity contribution is 8.02. The minimum absolute atomic E-state index is 0.0484. The van der Waals surface area contributed by atoms with Crippen LogP contribution in [-0.2, 0) is 16.4 Å². The monoisotopic (exact) mass is 443 g/mol. The number of carbonyl (C=O) groups excluding carboxylic acids is 1. The zero-order chi connectivity index (χ0) is 21.3. The number of thioether (sulfide) groups is 1. The summed E-state index contributed by atoms with van der Waals surface area (Å²) in [5, 5.41) is 0.455. The Kier molecular flexibility index (Phi) is 5.66. The van der Waals surface area contributed by atoms with Crippen LogP contribution in [0.4, 0.5) is 0 Å². The lowest BCUT2D eigenvalue weighted by Crippen LogP contribution is -2.29. The number of amides is 1. The molecule has 1 fully saturated rings. The van der Waals surface area contributed by atoms with Gasteiger partial charge in [0.05, 0.1) is 34.5 Å². The summed E-state index contributed by atoms with van der Waals surface area (Å²) in [6, 6.07) is 14.3. The summed E-state index contributed by atoms with van der Waals surface area (Å²) in [5.74, 6) is 0.524. The maximum atomic E-state index is 13.1. The van der Waals surface area contributed by atoms with E-state index in [2.05, 4.69) is 9.97 Å². The summed E-state index contributed by atoms with van der Waals surface area (Å²) in [6.07, 6.45) is 0.591. The van der Waals surface area contributed by atoms with Gasteiger partial charge in [-0.3, -0.25) is 9.59 Å². The zero-order valence-corrected chi connectivity index (χ0v) is 18.0. The summed E-state index contributed by atoms with van der Waals surface area (Å²) in [6.45, 7) is 0.149. The maximum absolute atomic E-state index is 13.1. The first-order valence-corrected chi connectivity index (χ1v) is 12.2. The molecule has 1 N–H and O–H groups in total. The maximum Gasteiger partial charge on any atom is 0.258 e. The average molecular weight is 444 g/mol. The minimum Gasteiger partial charge on any atom is -0.334 e. The highest BCUT2D eigenvalue weighted by atomic mass is 32.2. The largest absolute Gasteiger partial charge is 0.334 e. The standard InChI is InChI=1S/C21H21N3O4S2/c1-24(12-19-22-17-8-4-2-6-15(17)20(25)23-19)21(26)16-7-3-5-9-18(16)29-14-10-11-30(27,28)13-14/h2-9,14H,10-13H2,1H3,(H,22,23,25)/t14-/m0/s1. The third-order valence-electron chi connectivity index (χ3n) is 5.00. The number of para-hydroxylation sites is 1. The molecular formula is C21H21N3O4S2. The fourth-order valence-electron chi connectivity index (χ4n) is 3.49. The molecule has 1 aliphatic rings. The van der Waals surface area contributed by atoms with Crippen molar-refractivity contribution in [1.82, 2.24) is 14.9 Å². The predicted molar refractivity (Wildman–Crippen MR) is 118 cm³/mol. The highest BCUT2D eigenvalue weighted by Gasteiger charge is 2.29. The van der Waals surface area contributed by atoms with Gasteiger partial charge < -0.3 is 9.88 Å². The Balaban J connectivity index is 1.54. The molecule has 2 heterocycles. The molecule has 0 saturated carbocycles. The topological polar surface area (TPSA) is 100 Å². The van der Waals surface area contributed by atoms with E-state index in [9.17, 15) is 18.0 Å². The number of aromatic nitrogens is 2. The van der Waals surface area contributed by atoms with Gasteiger partial charge in [0.2, 0.25) is 0 Å². The Morgan fingerprint density at radius 3 is 2.70 bits per heavy atom. The van der Waals surface area contributed by atoms with Crippen LogP contribution in [0.1, 0.15) is 22.6 Å². The van der Waals surface area contributed by atoms with Gasteiger partial charge >= 0.3 is 0 Å². The normalized spacial score (nSPS) is 17.8. The highest BCUT2D eigenvalue weighted by Crippen LogP contribution is 2.33.